The second kappa shape index (κ2) is 7.53. The summed E-state index contributed by atoms with van der Waals surface area (Å²) in [5.41, 5.74) is 0.968. The van der Waals surface area contributed by atoms with Crippen molar-refractivity contribution >= 4 is 17.5 Å². The fraction of sp³-hybridized carbons (Fsp3) is 0.316. The quantitative estimate of drug-likeness (QED) is 0.765. The van der Waals surface area contributed by atoms with Crippen LogP contribution in [0.15, 0.2) is 48.9 Å². The van der Waals surface area contributed by atoms with Crippen molar-refractivity contribution in [3.05, 3.63) is 54.5 Å². The molecule has 138 valence electrons. The Morgan fingerprint density at radius 3 is 2.52 bits per heavy atom. The van der Waals surface area contributed by atoms with Crippen molar-refractivity contribution in [1.29, 1.82) is 0 Å². The van der Waals surface area contributed by atoms with Gasteiger partial charge in [0, 0.05) is 37.6 Å². The summed E-state index contributed by atoms with van der Waals surface area (Å²) in [5.74, 6) is 2.18. The minimum absolute atomic E-state index is 0.0148. The number of aryl methyl sites for hydroxylation is 1. The molecule has 1 saturated heterocycles. The Morgan fingerprint density at radius 2 is 1.85 bits per heavy atom. The molecule has 0 saturated carbocycles. The zero-order chi connectivity index (χ0) is 18.6. The van der Waals surface area contributed by atoms with Crippen molar-refractivity contribution in [2.75, 3.05) is 23.3 Å². The summed E-state index contributed by atoms with van der Waals surface area (Å²) < 4.78 is 1.67. The van der Waals surface area contributed by atoms with Crippen molar-refractivity contribution in [2.24, 2.45) is 5.92 Å². The Labute approximate surface area is 157 Å². The summed E-state index contributed by atoms with van der Waals surface area (Å²) in [6.07, 6.45) is 6.78. The first-order valence-corrected chi connectivity index (χ1v) is 9.02. The number of carbonyl (C=O) groups excluding carboxylic acids is 1. The highest BCUT2D eigenvalue weighted by atomic mass is 16.1. The molecule has 1 N–H and O–H groups in total. The van der Waals surface area contributed by atoms with Gasteiger partial charge in [0.25, 0.3) is 0 Å². The SMILES string of the molecule is Cc1cccnc1NC(=O)C1CCN(c2ccc(-n3cccn3)nn2)CC1. The highest BCUT2D eigenvalue weighted by Crippen LogP contribution is 2.23. The van der Waals surface area contributed by atoms with Gasteiger partial charge in [-0.15, -0.1) is 10.2 Å². The summed E-state index contributed by atoms with van der Waals surface area (Å²) in [5, 5.41) is 15.7. The largest absolute Gasteiger partial charge is 0.355 e. The van der Waals surface area contributed by atoms with Gasteiger partial charge >= 0.3 is 0 Å². The average molecular weight is 363 g/mol. The number of nitrogens with one attached hydrogen (secondary N) is 1. The van der Waals surface area contributed by atoms with Crippen LogP contribution >= 0.6 is 0 Å². The first-order valence-electron chi connectivity index (χ1n) is 9.02. The Bertz CT molecular complexity index is 900. The van der Waals surface area contributed by atoms with Crippen molar-refractivity contribution in [3.8, 4) is 5.82 Å². The molecule has 0 radical (unpaired) electrons. The summed E-state index contributed by atoms with van der Waals surface area (Å²) >= 11 is 0. The zero-order valence-electron chi connectivity index (χ0n) is 15.1. The van der Waals surface area contributed by atoms with E-state index in [1.165, 1.54) is 0 Å². The van der Waals surface area contributed by atoms with Gasteiger partial charge in [-0.25, -0.2) is 9.67 Å². The van der Waals surface area contributed by atoms with E-state index in [-0.39, 0.29) is 11.8 Å². The molecule has 0 bridgehead atoms. The van der Waals surface area contributed by atoms with E-state index in [1.807, 2.05) is 43.5 Å². The van der Waals surface area contributed by atoms with Gasteiger partial charge in [-0.2, -0.15) is 5.10 Å². The molecule has 0 aliphatic carbocycles. The number of hydrogen-bond acceptors (Lipinski definition) is 6. The van der Waals surface area contributed by atoms with Gasteiger partial charge in [-0.1, -0.05) is 6.07 Å². The standard InChI is InChI=1S/C19H21N7O/c1-14-4-2-9-20-18(14)22-19(27)15-7-12-25(13-8-15)16-5-6-17(24-23-16)26-11-3-10-21-26/h2-6,9-11,15H,7-8,12-13H2,1H3,(H,20,22,27). The minimum atomic E-state index is -0.0148. The molecule has 1 fully saturated rings. The lowest BCUT2D eigenvalue weighted by molar-refractivity contribution is -0.120. The average Bonchev–Trinajstić information content (AvgIpc) is 3.25. The molecule has 3 aromatic heterocycles. The van der Waals surface area contributed by atoms with E-state index in [1.54, 1.807) is 17.1 Å². The predicted octanol–water partition coefficient (Wildman–Crippen LogP) is 2.22. The van der Waals surface area contributed by atoms with Crippen LogP contribution in [0, 0.1) is 12.8 Å². The predicted molar refractivity (Wildman–Crippen MR) is 102 cm³/mol. The van der Waals surface area contributed by atoms with Crippen LogP contribution in [0.25, 0.3) is 5.82 Å². The van der Waals surface area contributed by atoms with Gasteiger partial charge in [0.15, 0.2) is 11.6 Å². The van der Waals surface area contributed by atoms with Crippen LogP contribution < -0.4 is 10.2 Å². The lowest BCUT2D eigenvalue weighted by Gasteiger charge is -2.31. The molecule has 1 aliphatic rings. The van der Waals surface area contributed by atoms with Crippen LogP contribution in [0.4, 0.5) is 11.6 Å². The number of pyridine rings is 1. The molecule has 4 rings (SSSR count). The van der Waals surface area contributed by atoms with Gasteiger partial charge in [0.1, 0.15) is 5.82 Å². The molecule has 0 atom stereocenters. The third-order valence-corrected chi connectivity index (χ3v) is 4.82. The molecule has 1 aliphatic heterocycles. The molecule has 27 heavy (non-hydrogen) atoms. The molecule has 3 aromatic rings. The Balaban J connectivity index is 1.34. The summed E-state index contributed by atoms with van der Waals surface area (Å²) in [6.45, 7) is 3.49. The van der Waals surface area contributed by atoms with Crippen molar-refractivity contribution < 1.29 is 4.79 Å². The van der Waals surface area contributed by atoms with Gasteiger partial charge in [0.05, 0.1) is 0 Å². The summed E-state index contributed by atoms with van der Waals surface area (Å²) in [4.78, 5) is 18.9. The molecule has 0 spiro atoms. The van der Waals surface area contributed by atoms with Gasteiger partial charge in [0.2, 0.25) is 5.91 Å². The topological polar surface area (TPSA) is 88.8 Å². The fourth-order valence-corrected chi connectivity index (χ4v) is 3.22. The highest BCUT2D eigenvalue weighted by molar-refractivity contribution is 5.92. The Kier molecular flexibility index (Phi) is 4.78. The minimum Gasteiger partial charge on any atom is -0.355 e. The van der Waals surface area contributed by atoms with Crippen LogP contribution in [-0.2, 0) is 4.79 Å². The molecular weight excluding hydrogens is 342 g/mol. The van der Waals surface area contributed by atoms with Crippen molar-refractivity contribution in [2.45, 2.75) is 19.8 Å². The third-order valence-electron chi connectivity index (χ3n) is 4.82. The molecule has 8 heteroatoms. The number of hydrogen-bond donors (Lipinski definition) is 1. The first kappa shape index (κ1) is 17.1. The first-order chi connectivity index (χ1) is 13.2. The maximum absolute atomic E-state index is 12.5. The molecule has 0 aromatic carbocycles. The second-order valence-corrected chi connectivity index (χ2v) is 6.62. The van der Waals surface area contributed by atoms with Gasteiger partial charge in [-0.3, -0.25) is 4.79 Å². The smallest absolute Gasteiger partial charge is 0.228 e. The number of piperidine rings is 1. The van der Waals surface area contributed by atoms with Crippen LogP contribution in [0.2, 0.25) is 0 Å². The molecule has 4 heterocycles. The van der Waals surface area contributed by atoms with Gasteiger partial charge in [-0.05, 0) is 49.6 Å². The Morgan fingerprint density at radius 1 is 1.07 bits per heavy atom. The lowest BCUT2D eigenvalue weighted by atomic mass is 9.96. The van der Waals surface area contributed by atoms with Crippen LogP contribution in [0.5, 0.6) is 0 Å². The van der Waals surface area contributed by atoms with Crippen molar-refractivity contribution in [3.63, 3.8) is 0 Å². The maximum atomic E-state index is 12.5. The molecule has 8 nitrogen and oxygen atoms in total. The number of amides is 1. The number of anilines is 2. The highest BCUT2D eigenvalue weighted by Gasteiger charge is 2.26. The number of carbonyl (C=O) groups is 1. The van der Waals surface area contributed by atoms with E-state index in [9.17, 15) is 4.79 Å². The lowest BCUT2D eigenvalue weighted by Crippen LogP contribution is -2.38. The van der Waals surface area contributed by atoms with Gasteiger partial charge < -0.3 is 10.2 Å². The van der Waals surface area contributed by atoms with Crippen LogP contribution in [0.1, 0.15) is 18.4 Å². The van der Waals surface area contributed by atoms with E-state index in [2.05, 4.69) is 30.5 Å². The van der Waals surface area contributed by atoms with Crippen molar-refractivity contribution in [1.82, 2.24) is 25.0 Å². The van der Waals surface area contributed by atoms with E-state index < -0.39 is 0 Å². The molecule has 0 unspecified atom stereocenters. The number of rotatable bonds is 4. The molecule has 1 amide bonds. The van der Waals surface area contributed by atoms with Crippen LogP contribution in [0.3, 0.4) is 0 Å². The van der Waals surface area contributed by atoms with E-state index in [0.29, 0.717) is 11.6 Å². The monoisotopic (exact) mass is 363 g/mol. The summed E-state index contributed by atoms with van der Waals surface area (Å²) in [6, 6.07) is 9.50. The fourth-order valence-electron chi connectivity index (χ4n) is 3.22. The van der Waals surface area contributed by atoms with E-state index >= 15 is 0 Å². The Hall–Kier alpha value is -3.29. The normalized spacial score (nSPS) is 14.9. The summed E-state index contributed by atoms with van der Waals surface area (Å²) in [7, 11) is 0. The zero-order valence-corrected chi connectivity index (χ0v) is 15.1. The third kappa shape index (κ3) is 3.79. The number of aromatic nitrogens is 5. The van der Waals surface area contributed by atoms with E-state index in [0.717, 1.165) is 37.3 Å². The van der Waals surface area contributed by atoms with E-state index in [4.69, 9.17) is 0 Å². The molecular formula is C19H21N7O. The maximum Gasteiger partial charge on any atom is 0.228 e. The van der Waals surface area contributed by atoms with Crippen LogP contribution in [-0.4, -0.2) is 44.0 Å². The number of nitrogens with zero attached hydrogens (tertiary/aromatic N) is 6. The second-order valence-electron chi connectivity index (χ2n) is 6.62.